The van der Waals surface area contributed by atoms with Gasteiger partial charge >= 0.3 is 5.97 Å². The Morgan fingerprint density at radius 2 is 1.03 bits per heavy atom. The van der Waals surface area contributed by atoms with Crippen molar-refractivity contribution in [2.75, 3.05) is 24.3 Å². The van der Waals surface area contributed by atoms with Gasteiger partial charge in [-0.15, -0.1) is 0 Å². The highest BCUT2D eigenvalue weighted by atomic mass is 32.2. The average molecular weight is 951 g/mol. The highest BCUT2D eigenvalue weighted by molar-refractivity contribution is 7.98. The normalized spacial score (nSPS) is 14.7. The molecule has 3 aromatic rings. The van der Waals surface area contributed by atoms with E-state index in [-0.39, 0.29) is 37.2 Å². The molecule has 66 heavy (non-hydrogen) atoms. The molecule has 6 amide bonds. The van der Waals surface area contributed by atoms with E-state index in [4.69, 9.17) is 11.5 Å². The van der Waals surface area contributed by atoms with Crippen molar-refractivity contribution in [1.29, 1.82) is 0 Å². The average Bonchev–Trinajstić information content (AvgIpc) is 3.31. The number of aromatic hydroxyl groups is 1. The highest BCUT2D eigenvalue weighted by Gasteiger charge is 2.34. The lowest BCUT2D eigenvalue weighted by molar-refractivity contribution is -0.143. The number of hydrogen-bond acceptors (Lipinski definition) is 12. The first kappa shape index (κ1) is 54.7. The molecule has 0 spiro atoms. The summed E-state index contributed by atoms with van der Waals surface area (Å²) in [7, 11) is 0. The van der Waals surface area contributed by atoms with Crippen molar-refractivity contribution >= 4 is 65.8 Å². The van der Waals surface area contributed by atoms with Crippen LogP contribution in [0, 0.1) is 5.92 Å². The third-order valence-electron chi connectivity index (χ3n) is 11.0. The van der Waals surface area contributed by atoms with E-state index in [1.165, 1.54) is 23.9 Å². The maximum Gasteiger partial charge on any atom is 0.326 e. The van der Waals surface area contributed by atoms with E-state index in [0.717, 1.165) is 5.56 Å². The minimum Gasteiger partial charge on any atom is -0.508 e. The van der Waals surface area contributed by atoms with Crippen molar-refractivity contribution in [1.82, 2.24) is 31.9 Å². The monoisotopic (exact) mass is 950 g/mol. The van der Waals surface area contributed by atoms with Crippen LogP contribution >= 0.6 is 24.4 Å². The predicted octanol–water partition coefficient (Wildman–Crippen LogP) is 1.60. The minimum atomic E-state index is -1.35. The molecule has 3 rings (SSSR count). The van der Waals surface area contributed by atoms with Crippen molar-refractivity contribution in [3.63, 3.8) is 0 Å². The van der Waals surface area contributed by atoms with E-state index in [0.29, 0.717) is 49.1 Å². The van der Waals surface area contributed by atoms with Gasteiger partial charge in [-0.25, -0.2) is 4.79 Å². The second-order valence-corrected chi connectivity index (χ2v) is 17.5. The van der Waals surface area contributed by atoms with Crippen LogP contribution in [0.4, 0.5) is 0 Å². The molecule has 17 nitrogen and oxygen atoms in total. The van der Waals surface area contributed by atoms with Crippen LogP contribution in [0.5, 0.6) is 5.75 Å². The predicted molar refractivity (Wildman–Crippen MR) is 259 cm³/mol. The van der Waals surface area contributed by atoms with Crippen LogP contribution < -0.4 is 43.4 Å². The number of rotatable bonds is 29. The number of aliphatic carboxylic acids is 1. The fourth-order valence-electron chi connectivity index (χ4n) is 6.83. The van der Waals surface area contributed by atoms with Crippen molar-refractivity contribution in [3.8, 4) is 5.75 Å². The topological polar surface area (TPSA) is 284 Å². The second kappa shape index (κ2) is 29.1. The summed E-state index contributed by atoms with van der Waals surface area (Å²) in [5, 5.41) is 36.0. The summed E-state index contributed by atoms with van der Waals surface area (Å²) in [6.45, 7) is 3.78. The number of thiol groups is 1. The number of phenolic OH excluding ortho intramolecular Hbond substituents is 1. The van der Waals surface area contributed by atoms with Crippen LogP contribution in [0.25, 0.3) is 0 Å². The van der Waals surface area contributed by atoms with Crippen LogP contribution in [-0.2, 0) is 52.8 Å². The Hall–Kier alpha value is -5.63. The maximum absolute atomic E-state index is 14.5. The maximum atomic E-state index is 14.5. The molecule has 0 bridgehead atoms. The van der Waals surface area contributed by atoms with Gasteiger partial charge in [-0.2, -0.15) is 24.4 Å². The number of nitrogens with two attached hydrogens (primary N) is 2. The molecule has 0 aliphatic heterocycles. The van der Waals surface area contributed by atoms with E-state index >= 15 is 0 Å². The Morgan fingerprint density at radius 3 is 1.47 bits per heavy atom. The molecule has 19 heteroatoms. The fraction of sp³-hybridized carbons (Fsp3) is 0.468. The lowest BCUT2D eigenvalue weighted by Gasteiger charge is -2.28. The Morgan fingerprint density at radius 1 is 0.606 bits per heavy atom. The quantitative estimate of drug-likeness (QED) is 0.0350. The summed E-state index contributed by atoms with van der Waals surface area (Å²) < 4.78 is 0. The van der Waals surface area contributed by atoms with Crippen LogP contribution in [-0.4, -0.2) is 118 Å². The van der Waals surface area contributed by atoms with Crippen molar-refractivity contribution in [2.45, 2.75) is 108 Å². The molecule has 12 N–H and O–H groups in total. The van der Waals surface area contributed by atoms with Crippen LogP contribution in [0.15, 0.2) is 84.9 Å². The van der Waals surface area contributed by atoms with E-state index in [1.54, 1.807) is 80.6 Å². The van der Waals surface area contributed by atoms with Gasteiger partial charge in [0.25, 0.3) is 0 Å². The largest absolute Gasteiger partial charge is 0.508 e. The summed E-state index contributed by atoms with van der Waals surface area (Å²) in [6.07, 6.45) is 3.72. The Kier molecular flexibility index (Phi) is 24.1. The lowest BCUT2D eigenvalue weighted by atomic mass is 9.99. The van der Waals surface area contributed by atoms with E-state index in [2.05, 4.69) is 44.5 Å². The van der Waals surface area contributed by atoms with E-state index in [1.807, 2.05) is 12.3 Å². The molecule has 3 aromatic carbocycles. The van der Waals surface area contributed by atoms with Crippen LogP contribution in [0.3, 0.4) is 0 Å². The third-order valence-corrected chi connectivity index (χ3v) is 12.0. The Bertz CT molecular complexity index is 2020. The Labute approximate surface area is 396 Å². The van der Waals surface area contributed by atoms with Crippen molar-refractivity contribution in [3.05, 3.63) is 102 Å². The summed E-state index contributed by atoms with van der Waals surface area (Å²) in [6, 6.07) is 15.4. The van der Waals surface area contributed by atoms with Gasteiger partial charge in [-0.1, -0.05) is 93.1 Å². The minimum absolute atomic E-state index is 0.0324. The number of thioether (sulfide) groups is 1. The van der Waals surface area contributed by atoms with Crippen molar-refractivity contribution in [2.24, 2.45) is 17.4 Å². The number of nitrogens with one attached hydrogen (secondary N) is 6. The first-order valence-corrected chi connectivity index (χ1v) is 24.1. The summed E-state index contributed by atoms with van der Waals surface area (Å²) in [4.78, 5) is 95.6. The zero-order chi connectivity index (χ0) is 48.6. The van der Waals surface area contributed by atoms with Crippen molar-refractivity contribution < 1.29 is 43.8 Å². The lowest BCUT2D eigenvalue weighted by Crippen LogP contribution is -2.61. The number of carboxylic acids is 1. The molecule has 0 saturated carbocycles. The van der Waals surface area contributed by atoms with E-state index in [9.17, 15) is 43.8 Å². The molecular weight excluding hydrogens is 885 g/mol. The molecule has 360 valence electrons. The molecule has 0 aliphatic carbocycles. The second-order valence-electron chi connectivity index (χ2n) is 16.1. The molecular formula is C47H66N8O9S2. The fourth-order valence-corrected chi connectivity index (χ4v) is 7.58. The zero-order valence-electron chi connectivity index (χ0n) is 37.7. The number of carbonyl (C=O) groups is 7. The zero-order valence-corrected chi connectivity index (χ0v) is 39.5. The molecule has 0 radical (unpaired) electrons. The number of carbonyl (C=O) groups excluding carboxylic acids is 6. The molecule has 0 heterocycles. The summed E-state index contributed by atoms with van der Waals surface area (Å²) >= 11 is 5.79. The van der Waals surface area contributed by atoms with Gasteiger partial charge in [0, 0.05) is 25.0 Å². The first-order chi connectivity index (χ1) is 31.6. The number of benzene rings is 3. The number of phenols is 1. The van der Waals surface area contributed by atoms with E-state index < -0.39 is 89.6 Å². The molecule has 0 aliphatic rings. The van der Waals surface area contributed by atoms with Gasteiger partial charge in [0.05, 0.1) is 6.04 Å². The number of carboxylic acid groups (broad SMARTS) is 1. The number of hydrogen-bond donors (Lipinski definition) is 11. The molecule has 0 fully saturated rings. The number of unbranched alkanes of at least 4 members (excludes halogenated alkanes) is 1. The summed E-state index contributed by atoms with van der Waals surface area (Å²) in [5.74, 6) is -5.52. The van der Waals surface area contributed by atoms with Gasteiger partial charge in [0.1, 0.15) is 42.0 Å². The molecule has 0 unspecified atom stereocenters. The van der Waals surface area contributed by atoms with Gasteiger partial charge in [0.2, 0.25) is 35.4 Å². The van der Waals surface area contributed by atoms with Gasteiger partial charge in [-0.3, -0.25) is 28.8 Å². The smallest absolute Gasteiger partial charge is 0.326 e. The summed E-state index contributed by atoms with van der Waals surface area (Å²) in [5.41, 5.74) is 13.9. The molecule has 8 atom stereocenters. The van der Waals surface area contributed by atoms with Crippen LogP contribution in [0.1, 0.15) is 62.6 Å². The first-order valence-electron chi connectivity index (χ1n) is 22.1. The van der Waals surface area contributed by atoms with Crippen LogP contribution in [0.2, 0.25) is 0 Å². The van der Waals surface area contributed by atoms with Gasteiger partial charge in [0.15, 0.2) is 0 Å². The third kappa shape index (κ3) is 18.7. The highest BCUT2D eigenvalue weighted by Crippen LogP contribution is 2.14. The molecule has 0 aromatic heterocycles. The number of amides is 6. The SMILES string of the molecule is CC[C@H](C)[C@H](NC(=O)[C@H](CS)NC(=O)[C@H](Cc1ccccc1)NC(=O)[C@H](Cc1ccc(O)cc1)NC(=O)[C@H](CCCCN)NC(=O)[C@H](Cc1ccccc1)NC(=O)[C@@H](N)CCSC)C(=O)O. The van der Waals surface area contributed by atoms with Gasteiger partial charge in [-0.05, 0) is 79.0 Å². The standard InChI is InChI=1S/C47H66N8O9S2/c1-4-29(2)40(47(63)64)55-46(62)39(28-65)54-45(61)37(26-31-15-9-6-10-16-31)53-44(60)38(27-32-18-20-33(56)21-19-32)52-42(58)35(17-11-12-23-48)50-43(59)36(25-30-13-7-5-8-14-30)51-41(57)34(49)22-24-66-3/h5-10,13-16,18-21,29,34-40,56,65H,4,11-12,17,22-28,48-49H2,1-3H3,(H,50,59)(H,51,57)(H,52,58)(H,53,60)(H,54,61)(H,55,62)(H,63,64)/t29-,34-,35-,36-,37-,38-,39-,40-/m0/s1. The molecule has 0 saturated heterocycles. The van der Waals surface area contributed by atoms with Gasteiger partial charge < -0.3 is 53.6 Å². The Balaban J connectivity index is 1.96.